The third-order valence-electron chi connectivity index (χ3n) is 7.12. The molecule has 1 fully saturated rings. The summed E-state index contributed by atoms with van der Waals surface area (Å²) in [4.78, 5) is 47.5. The van der Waals surface area contributed by atoms with E-state index in [-0.39, 0.29) is 18.3 Å². The van der Waals surface area contributed by atoms with Crippen molar-refractivity contribution in [3.8, 4) is 0 Å². The number of ether oxygens (including phenoxy) is 5. The van der Waals surface area contributed by atoms with E-state index in [9.17, 15) is 19.2 Å². The van der Waals surface area contributed by atoms with Gasteiger partial charge in [0, 0.05) is 32.7 Å². The summed E-state index contributed by atoms with van der Waals surface area (Å²) in [6.07, 6.45) is 4.39. The lowest BCUT2D eigenvalue weighted by molar-refractivity contribution is -0.220. The van der Waals surface area contributed by atoms with Crippen LogP contribution in [0.2, 0.25) is 0 Å². The Labute approximate surface area is 250 Å². The highest BCUT2D eigenvalue weighted by Crippen LogP contribution is 2.45. The van der Waals surface area contributed by atoms with Crippen LogP contribution in [0.4, 0.5) is 4.79 Å². The molecule has 11 heteroatoms. The van der Waals surface area contributed by atoms with Crippen LogP contribution >= 0.6 is 11.8 Å². The summed E-state index contributed by atoms with van der Waals surface area (Å²) in [5.74, 6) is -1.12. The number of hydrogen-bond acceptors (Lipinski definition) is 10. The van der Waals surface area contributed by atoms with Crippen LogP contribution in [0.1, 0.15) is 107 Å². The first kappa shape index (κ1) is 37.0. The molecule has 0 bridgehead atoms. The Morgan fingerprint density at radius 1 is 1.02 bits per heavy atom. The van der Waals surface area contributed by atoms with E-state index < -0.39 is 52.8 Å². The Hall–Kier alpha value is -2.01. The fourth-order valence-electron chi connectivity index (χ4n) is 4.81. The number of esters is 3. The standard InChI is InChI=1S/C30H53NO9S/c1-10-20(2)25(38-23(5)33)26-21(3)24(37-22(4)32)19-30(39-26,27(34)36-9)41-18-16-14-12-11-13-15-17-31-28(35)40-29(6,7)8/h20-21,24-26H,10-19H2,1-9H3,(H,31,35)/t20-,21-,24+,25-,26?,30+/m1/s1. The molecule has 238 valence electrons. The minimum atomic E-state index is -1.38. The molecular weight excluding hydrogens is 550 g/mol. The highest BCUT2D eigenvalue weighted by atomic mass is 32.2. The molecular formula is C30H53NO9S. The molecule has 1 amide bonds. The molecule has 1 saturated heterocycles. The van der Waals surface area contributed by atoms with Gasteiger partial charge in [0.1, 0.15) is 23.9 Å². The third kappa shape index (κ3) is 13.2. The minimum absolute atomic E-state index is 0.0397. The molecule has 1 heterocycles. The van der Waals surface area contributed by atoms with E-state index >= 15 is 0 Å². The first-order valence-electron chi connectivity index (χ1n) is 14.9. The number of unbranched alkanes of at least 4 members (excludes halogenated alkanes) is 5. The number of alkyl carbamates (subject to hydrolysis) is 1. The van der Waals surface area contributed by atoms with Crippen molar-refractivity contribution in [1.82, 2.24) is 5.32 Å². The van der Waals surface area contributed by atoms with Crippen LogP contribution in [-0.2, 0) is 38.1 Å². The van der Waals surface area contributed by atoms with Gasteiger partial charge in [0.05, 0.1) is 7.11 Å². The Bertz CT molecular complexity index is 846. The molecule has 0 aromatic rings. The number of methoxy groups -OCH3 is 1. The summed E-state index contributed by atoms with van der Waals surface area (Å²) in [6.45, 7) is 14.6. The summed E-state index contributed by atoms with van der Waals surface area (Å²) in [7, 11) is 1.32. The predicted molar refractivity (Wildman–Crippen MR) is 158 cm³/mol. The summed E-state index contributed by atoms with van der Waals surface area (Å²) in [6, 6.07) is 0. The van der Waals surface area contributed by atoms with Crippen molar-refractivity contribution in [3.63, 3.8) is 0 Å². The zero-order valence-electron chi connectivity index (χ0n) is 26.5. The Kier molecular flexibility index (Phi) is 16.1. The molecule has 1 N–H and O–H groups in total. The molecule has 0 radical (unpaired) electrons. The number of carbonyl (C=O) groups excluding carboxylic acids is 4. The fourth-order valence-corrected chi connectivity index (χ4v) is 6.15. The van der Waals surface area contributed by atoms with Gasteiger partial charge in [-0.3, -0.25) is 9.59 Å². The highest BCUT2D eigenvalue weighted by Gasteiger charge is 2.55. The molecule has 0 saturated carbocycles. The maximum Gasteiger partial charge on any atom is 0.407 e. The second-order valence-electron chi connectivity index (χ2n) is 11.9. The van der Waals surface area contributed by atoms with Crippen molar-refractivity contribution in [2.24, 2.45) is 11.8 Å². The number of carbonyl (C=O) groups is 4. The Balaban J connectivity index is 2.76. The quantitative estimate of drug-likeness (QED) is 0.132. The van der Waals surface area contributed by atoms with Gasteiger partial charge in [0.25, 0.3) is 0 Å². The maximum atomic E-state index is 13.2. The topological polar surface area (TPSA) is 126 Å². The van der Waals surface area contributed by atoms with Crippen LogP contribution in [-0.4, -0.2) is 72.3 Å². The molecule has 1 unspecified atom stereocenters. The lowest BCUT2D eigenvalue weighted by atomic mass is 9.82. The van der Waals surface area contributed by atoms with Crippen LogP contribution in [0.15, 0.2) is 0 Å². The average Bonchev–Trinajstić information content (AvgIpc) is 2.87. The smallest absolute Gasteiger partial charge is 0.407 e. The molecule has 0 aromatic carbocycles. The molecule has 6 atom stereocenters. The number of rotatable bonds is 16. The predicted octanol–water partition coefficient (Wildman–Crippen LogP) is 5.79. The van der Waals surface area contributed by atoms with E-state index in [4.69, 9.17) is 23.7 Å². The maximum absolute atomic E-state index is 13.2. The SMILES string of the molecule is CC[C@@H](C)[C@@H](OC(C)=O)C1O[C@@](SCCCCCCCCNC(=O)OC(C)(C)C)(C(=O)OC)C[C@H](OC(C)=O)[C@H]1C. The van der Waals surface area contributed by atoms with Gasteiger partial charge < -0.3 is 29.0 Å². The number of nitrogens with one attached hydrogen (secondary N) is 1. The lowest BCUT2D eigenvalue weighted by Gasteiger charge is -2.48. The molecule has 0 aliphatic carbocycles. The van der Waals surface area contributed by atoms with Crippen molar-refractivity contribution >= 4 is 35.8 Å². The van der Waals surface area contributed by atoms with Crippen LogP contribution < -0.4 is 5.32 Å². The molecule has 1 aliphatic heterocycles. The van der Waals surface area contributed by atoms with E-state index in [1.54, 1.807) is 0 Å². The van der Waals surface area contributed by atoms with Crippen LogP contribution in [0, 0.1) is 11.8 Å². The van der Waals surface area contributed by atoms with Crippen LogP contribution in [0.5, 0.6) is 0 Å². The summed E-state index contributed by atoms with van der Waals surface area (Å²) in [5.41, 5.74) is -0.504. The molecule has 41 heavy (non-hydrogen) atoms. The van der Waals surface area contributed by atoms with Gasteiger partial charge in [-0.15, -0.1) is 11.8 Å². The van der Waals surface area contributed by atoms with E-state index in [1.807, 2.05) is 41.5 Å². The van der Waals surface area contributed by atoms with Gasteiger partial charge in [0.15, 0.2) is 0 Å². The molecule has 0 aromatic heterocycles. The Morgan fingerprint density at radius 3 is 2.17 bits per heavy atom. The minimum Gasteiger partial charge on any atom is -0.466 e. The monoisotopic (exact) mass is 603 g/mol. The summed E-state index contributed by atoms with van der Waals surface area (Å²) < 4.78 is 28.3. The van der Waals surface area contributed by atoms with Crippen molar-refractivity contribution in [3.05, 3.63) is 0 Å². The summed E-state index contributed by atoms with van der Waals surface area (Å²) in [5, 5.41) is 2.78. The average molecular weight is 604 g/mol. The van der Waals surface area contributed by atoms with Crippen molar-refractivity contribution in [1.29, 1.82) is 0 Å². The fraction of sp³-hybridized carbons (Fsp3) is 0.867. The molecule has 0 spiro atoms. The number of thioether (sulfide) groups is 1. The van der Waals surface area contributed by atoms with Gasteiger partial charge in [-0.1, -0.05) is 46.5 Å². The van der Waals surface area contributed by atoms with Crippen molar-refractivity contribution in [2.45, 2.75) is 136 Å². The van der Waals surface area contributed by atoms with Crippen LogP contribution in [0.3, 0.4) is 0 Å². The zero-order valence-corrected chi connectivity index (χ0v) is 27.4. The van der Waals surface area contributed by atoms with Crippen LogP contribution in [0.25, 0.3) is 0 Å². The van der Waals surface area contributed by atoms with Crippen molar-refractivity contribution < 1.29 is 42.9 Å². The van der Waals surface area contributed by atoms with E-state index in [2.05, 4.69) is 5.32 Å². The summed E-state index contributed by atoms with van der Waals surface area (Å²) >= 11 is 1.36. The third-order valence-corrected chi connectivity index (χ3v) is 8.51. The largest absolute Gasteiger partial charge is 0.466 e. The second-order valence-corrected chi connectivity index (χ2v) is 13.3. The van der Waals surface area contributed by atoms with Gasteiger partial charge in [-0.05, 0) is 51.7 Å². The molecule has 1 aliphatic rings. The molecule has 10 nitrogen and oxygen atoms in total. The second kappa shape index (κ2) is 17.8. The lowest BCUT2D eigenvalue weighted by Crippen LogP contribution is -2.59. The van der Waals surface area contributed by atoms with Crippen molar-refractivity contribution in [2.75, 3.05) is 19.4 Å². The van der Waals surface area contributed by atoms with E-state index in [1.165, 1.54) is 32.7 Å². The van der Waals surface area contributed by atoms with Gasteiger partial charge in [-0.25, -0.2) is 9.59 Å². The normalized spacial score (nSPS) is 24.1. The van der Waals surface area contributed by atoms with Gasteiger partial charge >= 0.3 is 24.0 Å². The molecule has 1 rings (SSSR count). The first-order valence-corrected chi connectivity index (χ1v) is 15.9. The van der Waals surface area contributed by atoms with Gasteiger partial charge in [0.2, 0.25) is 4.93 Å². The Morgan fingerprint density at radius 2 is 1.63 bits per heavy atom. The van der Waals surface area contributed by atoms with E-state index in [0.717, 1.165) is 44.9 Å². The highest BCUT2D eigenvalue weighted by molar-refractivity contribution is 8.01. The first-order chi connectivity index (χ1) is 19.2. The number of amides is 1. The van der Waals surface area contributed by atoms with E-state index in [0.29, 0.717) is 12.3 Å². The zero-order chi connectivity index (χ0) is 31.2. The number of hydrogen-bond donors (Lipinski definition) is 1. The van der Waals surface area contributed by atoms with Gasteiger partial charge in [-0.2, -0.15) is 0 Å².